The van der Waals surface area contributed by atoms with Crippen molar-refractivity contribution in [2.24, 2.45) is 5.92 Å². The summed E-state index contributed by atoms with van der Waals surface area (Å²) in [6, 6.07) is 4.67. The zero-order valence-corrected chi connectivity index (χ0v) is 11.1. The first-order valence-electron chi connectivity index (χ1n) is 6.73. The van der Waals surface area contributed by atoms with Gasteiger partial charge in [0.2, 0.25) is 5.91 Å². The lowest BCUT2D eigenvalue weighted by atomic mass is 9.83. The Morgan fingerprint density at radius 1 is 1.21 bits per heavy atom. The predicted octanol–water partition coefficient (Wildman–Crippen LogP) is 3.11. The molecule has 1 aromatic carbocycles. The van der Waals surface area contributed by atoms with Crippen LogP contribution in [0.5, 0.6) is 5.75 Å². The van der Waals surface area contributed by atoms with E-state index in [1.54, 1.807) is 12.1 Å². The molecule has 4 nitrogen and oxygen atoms in total. The fraction of sp³-hybridized carbons (Fsp3) is 0.467. The first-order valence-corrected chi connectivity index (χ1v) is 6.73. The molecule has 1 aliphatic carbocycles. The van der Waals surface area contributed by atoms with Gasteiger partial charge in [0.15, 0.2) is 5.78 Å². The highest BCUT2D eigenvalue weighted by atomic mass is 16.3. The van der Waals surface area contributed by atoms with Crippen LogP contribution in [0.3, 0.4) is 0 Å². The van der Waals surface area contributed by atoms with E-state index in [9.17, 15) is 14.7 Å². The van der Waals surface area contributed by atoms with E-state index in [-0.39, 0.29) is 23.4 Å². The number of benzene rings is 1. The highest BCUT2D eigenvalue weighted by Crippen LogP contribution is 2.31. The van der Waals surface area contributed by atoms with Crippen molar-refractivity contribution in [1.29, 1.82) is 0 Å². The van der Waals surface area contributed by atoms with Crippen LogP contribution in [0.25, 0.3) is 0 Å². The number of nitrogens with one attached hydrogen (secondary N) is 1. The van der Waals surface area contributed by atoms with Gasteiger partial charge in [0.05, 0.1) is 5.56 Å². The topological polar surface area (TPSA) is 66.4 Å². The molecule has 1 aliphatic rings. The molecule has 1 saturated carbocycles. The Kier molecular flexibility index (Phi) is 4.20. The summed E-state index contributed by atoms with van der Waals surface area (Å²) >= 11 is 0. The lowest BCUT2D eigenvalue weighted by Crippen LogP contribution is -2.18. The normalized spacial score (nSPS) is 16.1. The van der Waals surface area contributed by atoms with Gasteiger partial charge in [-0.1, -0.05) is 19.3 Å². The number of anilines is 1. The Balaban J connectivity index is 2.15. The second kappa shape index (κ2) is 5.87. The lowest BCUT2D eigenvalue weighted by molar-refractivity contribution is -0.114. The molecule has 0 saturated heterocycles. The van der Waals surface area contributed by atoms with Crippen LogP contribution in [0.1, 0.15) is 49.4 Å². The molecular weight excluding hydrogens is 242 g/mol. The molecule has 1 amide bonds. The minimum Gasteiger partial charge on any atom is -0.507 e. The van der Waals surface area contributed by atoms with E-state index in [1.165, 1.54) is 19.4 Å². The SMILES string of the molecule is CC(=O)Nc1ccc(C(=O)C2CCCCC2)c(O)c1. The molecule has 0 unspecified atom stereocenters. The van der Waals surface area contributed by atoms with Crippen molar-refractivity contribution in [3.05, 3.63) is 23.8 Å². The van der Waals surface area contributed by atoms with E-state index >= 15 is 0 Å². The number of ketones is 1. The molecule has 0 radical (unpaired) electrons. The molecule has 2 N–H and O–H groups in total. The van der Waals surface area contributed by atoms with Crippen molar-refractivity contribution in [3.8, 4) is 5.75 Å². The Labute approximate surface area is 112 Å². The number of carbonyl (C=O) groups is 2. The van der Waals surface area contributed by atoms with Crippen LogP contribution in [0.4, 0.5) is 5.69 Å². The number of hydrogen-bond acceptors (Lipinski definition) is 3. The Morgan fingerprint density at radius 3 is 2.47 bits per heavy atom. The maximum Gasteiger partial charge on any atom is 0.221 e. The molecule has 0 heterocycles. The largest absolute Gasteiger partial charge is 0.507 e. The molecule has 0 aromatic heterocycles. The monoisotopic (exact) mass is 261 g/mol. The highest BCUT2D eigenvalue weighted by molar-refractivity contribution is 6.01. The highest BCUT2D eigenvalue weighted by Gasteiger charge is 2.24. The first-order chi connectivity index (χ1) is 9.08. The predicted molar refractivity (Wildman–Crippen MR) is 73.3 cm³/mol. The van der Waals surface area contributed by atoms with Crippen molar-refractivity contribution >= 4 is 17.4 Å². The third-order valence-electron chi connectivity index (χ3n) is 3.56. The summed E-state index contributed by atoms with van der Waals surface area (Å²) in [5.41, 5.74) is 0.867. The summed E-state index contributed by atoms with van der Waals surface area (Å²) in [6.07, 6.45) is 5.18. The van der Waals surface area contributed by atoms with E-state index in [0.717, 1.165) is 25.7 Å². The number of Topliss-reactive ketones (excluding diaryl/α,β-unsaturated/α-hetero) is 1. The molecular formula is C15H19NO3. The quantitative estimate of drug-likeness (QED) is 0.821. The van der Waals surface area contributed by atoms with Crippen molar-refractivity contribution in [2.45, 2.75) is 39.0 Å². The van der Waals surface area contributed by atoms with Crippen LogP contribution < -0.4 is 5.32 Å². The summed E-state index contributed by atoms with van der Waals surface area (Å²) in [5.74, 6) is -0.203. The van der Waals surface area contributed by atoms with Crippen molar-refractivity contribution in [1.82, 2.24) is 0 Å². The van der Waals surface area contributed by atoms with Gasteiger partial charge in [-0.2, -0.15) is 0 Å². The lowest BCUT2D eigenvalue weighted by Gasteiger charge is -2.20. The average molecular weight is 261 g/mol. The number of carbonyl (C=O) groups excluding carboxylic acids is 2. The third kappa shape index (κ3) is 3.34. The fourth-order valence-corrected chi connectivity index (χ4v) is 2.61. The first kappa shape index (κ1) is 13.6. The Hall–Kier alpha value is -1.84. The molecule has 1 aromatic rings. The van der Waals surface area contributed by atoms with E-state index in [2.05, 4.69) is 5.32 Å². The van der Waals surface area contributed by atoms with Gasteiger partial charge in [0.25, 0.3) is 0 Å². The van der Waals surface area contributed by atoms with E-state index in [1.807, 2.05) is 0 Å². The van der Waals surface area contributed by atoms with Crippen LogP contribution in [0.2, 0.25) is 0 Å². The number of phenolic OH excluding ortho intramolecular Hbond substituents is 1. The van der Waals surface area contributed by atoms with Crippen LogP contribution >= 0.6 is 0 Å². The van der Waals surface area contributed by atoms with Crippen LogP contribution in [0, 0.1) is 5.92 Å². The van der Waals surface area contributed by atoms with Crippen LogP contribution in [0.15, 0.2) is 18.2 Å². The molecule has 0 bridgehead atoms. The fourth-order valence-electron chi connectivity index (χ4n) is 2.61. The number of hydrogen-bond donors (Lipinski definition) is 2. The molecule has 0 aliphatic heterocycles. The van der Waals surface area contributed by atoms with E-state index < -0.39 is 0 Å². The molecule has 1 fully saturated rings. The summed E-state index contributed by atoms with van der Waals surface area (Å²) in [6.45, 7) is 1.40. The van der Waals surface area contributed by atoms with Gasteiger partial charge in [0, 0.05) is 24.6 Å². The summed E-state index contributed by atoms with van der Waals surface area (Å²) in [4.78, 5) is 23.2. The third-order valence-corrected chi connectivity index (χ3v) is 3.56. The molecule has 0 atom stereocenters. The maximum absolute atomic E-state index is 12.3. The standard InChI is InChI=1S/C15H19NO3/c1-10(17)16-12-7-8-13(14(18)9-12)15(19)11-5-3-2-4-6-11/h7-9,11,18H,2-6H2,1H3,(H,16,17). The molecule has 19 heavy (non-hydrogen) atoms. The van der Waals surface area contributed by atoms with Gasteiger partial charge < -0.3 is 10.4 Å². The van der Waals surface area contributed by atoms with Gasteiger partial charge in [-0.3, -0.25) is 9.59 Å². The molecule has 102 valence electrons. The summed E-state index contributed by atoms with van der Waals surface area (Å²) in [5, 5.41) is 12.5. The molecule has 4 heteroatoms. The average Bonchev–Trinajstić information content (AvgIpc) is 2.38. The zero-order chi connectivity index (χ0) is 13.8. The zero-order valence-electron chi connectivity index (χ0n) is 11.1. The second-order valence-electron chi connectivity index (χ2n) is 5.11. The molecule has 0 spiro atoms. The van der Waals surface area contributed by atoms with Gasteiger partial charge in [-0.05, 0) is 25.0 Å². The summed E-state index contributed by atoms with van der Waals surface area (Å²) < 4.78 is 0. The van der Waals surface area contributed by atoms with E-state index in [4.69, 9.17) is 0 Å². The number of rotatable bonds is 3. The number of aromatic hydroxyl groups is 1. The summed E-state index contributed by atoms with van der Waals surface area (Å²) in [7, 11) is 0. The number of amides is 1. The van der Waals surface area contributed by atoms with Gasteiger partial charge in [-0.25, -0.2) is 0 Å². The Morgan fingerprint density at radius 2 is 1.89 bits per heavy atom. The van der Waals surface area contributed by atoms with Gasteiger partial charge in [0.1, 0.15) is 5.75 Å². The van der Waals surface area contributed by atoms with Crippen molar-refractivity contribution in [2.75, 3.05) is 5.32 Å². The van der Waals surface area contributed by atoms with Crippen LogP contribution in [-0.2, 0) is 4.79 Å². The van der Waals surface area contributed by atoms with E-state index in [0.29, 0.717) is 11.3 Å². The minimum atomic E-state index is -0.203. The van der Waals surface area contributed by atoms with Crippen LogP contribution in [-0.4, -0.2) is 16.8 Å². The maximum atomic E-state index is 12.3. The van der Waals surface area contributed by atoms with Gasteiger partial charge >= 0.3 is 0 Å². The second-order valence-corrected chi connectivity index (χ2v) is 5.11. The van der Waals surface area contributed by atoms with Crippen molar-refractivity contribution < 1.29 is 14.7 Å². The minimum absolute atomic E-state index is 0.0200. The van der Waals surface area contributed by atoms with Gasteiger partial charge in [-0.15, -0.1) is 0 Å². The van der Waals surface area contributed by atoms with Crippen molar-refractivity contribution in [3.63, 3.8) is 0 Å². The molecule has 2 rings (SSSR count). The Bertz CT molecular complexity index is 490. The number of phenols is 1. The smallest absolute Gasteiger partial charge is 0.221 e.